The number of benzene rings is 2. The Morgan fingerprint density at radius 2 is 1.64 bits per heavy atom. The first-order valence-electron chi connectivity index (χ1n) is 7.63. The molecule has 0 fully saturated rings. The van der Waals surface area contributed by atoms with Crippen LogP contribution < -0.4 is 19.9 Å². The molecule has 3 rings (SSSR count). The maximum Gasteiger partial charge on any atom is 0.203 e. The number of hydrogen-bond acceptors (Lipinski definition) is 6. The second-order valence-electron chi connectivity index (χ2n) is 5.55. The quantitative estimate of drug-likeness (QED) is 0.551. The van der Waals surface area contributed by atoms with E-state index in [0.29, 0.717) is 33.4 Å². The van der Waals surface area contributed by atoms with Crippen LogP contribution in [0.25, 0.3) is 10.1 Å². The zero-order valence-electron chi connectivity index (χ0n) is 14.5. The van der Waals surface area contributed by atoms with Gasteiger partial charge < -0.3 is 19.9 Å². The van der Waals surface area contributed by atoms with E-state index in [1.54, 1.807) is 12.1 Å². The Balaban J connectivity index is 2.14. The summed E-state index contributed by atoms with van der Waals surface area (Å²) in [7, 11) is 4.58. The first-order valence-corrected chi connectivity index (χ1v) is 8.45. The number of methoxy groups -OCH3 is 3. The number of hydrogen-bond donors (Lipinski definition) is 1. The van der Waals surface area contributed by atoms with Crippen molar-refractivity contribution in [3.8, 4) is 17.2 Å². The predicted octanol–water partition coefficient (Wildman–Crippen LogP) is 4.05. The van der Waals surface area contributed by atoms with Gasteiger partial charge in [-0.1, -0.05) is 0 Å². The highest BCUT2D eigenvalue weighted by Crippen LogP contribution is 2.40. The summed E-state index contributed by atoms with van der Waals surface area (Å²) in [6.07, 6.45) is 0. The molecule has 0 saturated heterocycles. The van der Waals surface area contributed by atoms with Crippen molar-refractivity contribution < 1.29 is 19.0 Å². The smallest absolute Gasteiger partial charge is 0.203 e. The molecule has 0 amide bonds. The van der Waals surface area contributed by atoms with Crippen LogP contribution >= 0.6 is 11.3 Å². The van der Waals surface area contributed by atoms with Crippen molar-refractivity contribution >= 4 is 32.9 Å². The number of carbonyl (C=O) groups is 1. The van der Waals surface area contributed by atoms with E-state index in [1.165, 1.54) is 32.7 Å². The molecule has 2 aromatic carbocycles. The summed E-state index contributed by atoms with van der Waals surface area (Å²) in [4.78, 5) is 13.8. The predicted molar refractivity (Wildman–Crippen MR) is 101 cm³/mol. The molecule has 0 radical (unpaired) electrons. The molecule has 6 heteroatoms. The maximum absolute atomic E-state index is 13.1. The van der Waals surface area contributed by atoms with Gasteiger partial charge in [0.2, 0.25) is 11.5 Å². The van der Waals surface area contributed by atoms with Crippen LogP contribution in [0.2, 0.25) is 0 Å². The van der Waals surface area contributed by atoms with E-state index in [1.807, 2.05) is 25.1 Å². The number of thiophene rings is 1. The third kappa shape index (κ3) is 2.89. The van der Waals surface area contributed by atoms with E-state index in [0.717, 1.165) is 15.6 Å². The molecule has 0 spiro atoms. The van der Waals surface area contributed by atoms with Crippen molar-refractivity contribution in [2.45, 2.75) is 6.92 Å². The molecule has 0 saturated carbocycles. The third-order valence-corrected chi connectivity index (χ3v) is 5.36. The van der Waals surface area contributed by atoms with Gasteiger partial charge in [0, 0.05) is 16.0 Å². The molecule has 0 unspecified atom stereocenters. The number of anilines is 1. The number of ketones is 1. The normalized spacial score (nSPS) is 10.7. The highest BCUT2D eigenvalue weighted by molar-refractivity contribution is 7.21. The van der Waals surface area contributed by atoms with Crippen molar-refractivity contribution in [1.29, 1.82) is 0 Å². The second-order valence-corrected chi connectivity index (χ2v) is 6.61. The summed E-state index contributed by atoms with van der Waals surface area (Å²) in [5, 5.41) is 1.00. The molecule has 0 aliphatic carbocycles. The Morgan fingerprint density at radius 1 is 1.00 bits per heavy atom. The molecule has 5 nitrogen and oxygen atoms in total. The minimum absolute atomic E-state index is 0.0866. The molecular weight excluding hydrogens is 338 g/mol. The Labute approximate surface area is 149 Å². The SMILES string of the molecule is COc1cc(C(=O)c2sc3ccc(N)cc3c2C)cc(OC)c1OC. The van der Waals surface area contributed by atoms with E-state index in [9.17, 15) is 4.79 Å². The van der Waals surface area contributed by atoms with Gasteiger partial charge in [-0.15, -0.1) is 11.3 Å². The largest absolute Gasteiger partial charge is 0.493 e. The summed E-state index contributed by atoms with van der Waals surface area (Å²) in [5.41, 5.74) is 7.96. The van der Waals surface area contributed by atoms with E-state index < -0.39 is 0 Å². The average Bonchev–Trinajstić information content (AvgIpc) is 2.95. The van der Waals surface area contributed by atoms with Crippen molar-refractivity contribution in [2.24, 2.45) is 0 Å². The van der Waals surface area contributed by atoms with Crippen LogP contribution in [0, 0.1) is 6.92 Å². The maximum atomic E-state index is 13.1. The molecule has 0 aliphatic heterocycles. The number of carbonyl (C=O) groups excluding carboxylic acids is 1. The van der Waals surface area contributed by atoms with Gasteiger partial charge >= 0.3 is 0 Å². The highest BCUT2D eigenvalue weighted by atomic mass is 32.1. The first kappa shape index (κ1) is 17.1. The molecule has 2 N–H and O–H groups in total. The number of nitrogen functional groups attached to an aromatic ring is 1. The van der Waals surface area contributed by atoms with E-state index in [2.05, 4.69) is 0 Å². The van der Waals surface area contributed by atoms with Crippen molar-refractivity contribution in [3.05, 3.63) is 46.3 Å². The first-order chi connectivity index (χ1) is 12.0. The molecule has 1 heterocycles. The van der Waals surface area contributed by atoms with E-state index in [-0.39, 0.29) is 5.78 Å². The summed E-state index contributed by atoms with van der Waals surface area (Å²) in [6, 6.07) is 9.01. The fraction of sp³-hybridized carbons (Fsp3) is 0.211. The summed E-state index contributed by atoms with van der Waals surface area (Å²) >= 11 is 1.45. The summed E-state index contributed by atoms with van der Waals surface area (Å²) in [6.45, 7) is 1.93. The monoisotopic (exact) mass is 357 g/mol. The van der Waals surface area contributed by atoms with Crippen molar-refractivity contribution in [1.82, 2.24) is 0 Å². The minimum Gasteiger partial charge on any atom is -0.493 e. The molecule has 1 aromatic heterocycles. The molecule has 3 aromatic rings. The lowest BCUT2D eigenvalue weighted by Crippen LogP contribution is -2.03. The van der Waals surface area contributed by atoms with Crippen LogP contribution in [-0.4, -0.2) is 27.1 Å². The number of ether oxygens (including phenoxy) is 3. The van der Waals surface area contributed by atoms with Gasteiger partial charge in [0.15, 0.2) is 11.5 Å². The van der Waals surface area contributed by atoms with Gasteiger partial charge in [0.05, 0.1) is 26.2 Å². The topological polar surface area (TPSA) is 70.8 Å². The Morgan fingerprint density at radius 3 is 2.20 bits per heavy atom. The van der Waals surface area contributed by atoms with Gasteiger partial charge in [-0.2, -0.15) is 0 Å². The number of rotatable bonds is 5. The highest BCUT2D eigenvalue weighted by Gasteiger charge is 2.21. The lowest BCUT2D eigenvalue weighted by molar-refractivity contribution is 0.104. The van der Waals surface area contributed by atoms with E-state index >= 15 is 0 Å². The minimum atomic E-state index is -0.0866. The lowest BCUT2D eigenvalue weighted by Gasteiger charge is -2.13. The summed E-state index contributed by atoms with van der Waals surface area (Å²) < 4.78 is 17.0. The third-order valence-electron chi connectivity index (χ3n) is 4.09. The molecular formula is C19H19NO4S. The Bertz CT molecular complexity index is 936. The number of aryl methyl sites for hydroxylation is 1. The van der Waals surface area contributed by atoms with Gasteiger partial charge in [-0.05, 0) is 48.2 Å². The summed E-state index contributed by atoms with van der Waals surface area (Å²) in [5.74, 6) is 1.28. The van der Waals surface area contributed by atoms with Gasteiger partial charge in [0.25, 0.3) is 0 Å². The Hall–Kier alpha value is -2.73. The van der Waals surface area contributed by atoms with Gasteiger partial charge in [-0.25, -0.2) is 0 Å². The van der Waals surface area contributed by atoms with Crippen LogP contribution in [-0.2, 0) is 0 Å². The van der Waals surface area contributed by atoms with Crippen LogP contribution in [0.4, 0.5) is 5.69 Å². The van der Waals surface area contributed by atoms with Crippen molar-refractivity contribution in [2.75, 3.05) is 27.1 Å². The lowest BCUT2D eigenvalue weighted by atomic mass is 10.0. The molecule has 130 valence electrons. The van der Waals surface area contributed by atoms with Gasteiger partial charge in [0.1, 0.15) is 0 Å². The average molecular weight is 357 g/mol. The number of fused-ring (bicyclic) bond motifs is 1. The standard InChI is InChI=1S/C19H19NO4S/c1-10-13-9-12(20)5-6-16(13)25-19(10)17(21)11-7-14(22-2)18(24-4)15(8-11)23-3/h5-9H,20H2,1-4H3. The molecule has 25 heavy (non-hydrogen) atoms. The van der Waals surface area contributed by atoms with Crippen LogP contribution in [0.15, 0.2) is 30.3 Å². The zero-order valence-corrected chi connectivity index (χ0v) is 15.3. The molecule has 0 bridgehead atoms. The van der Waals surface area contributed by atoms with Crippen LogP contribution in [0.1, 0.15) is 20.8 Å². The van der Waals surface area contributed by atoms with Crippen molar-refractivity contribution in [3.63, 3.8) is 0 Å². The molecule has 0 atom stereocenters. The fourth-order valence-electron chi connectivity index (χ4n) is 2.80. The van der Waals surface area contributed by atoms with Crippen LogP contribution in [0.5, 0.6) is 17.2 Å². The second kappa shape index (κ2) is 6.64. The number of nitrogens with two attached hydrogens (primary N) is 1. The van der Waals surface area contributed by atoms with Gasteiger partial charge in [-0.3, -0.25) is 4.79 Å². The molecule has 0 aliphatic rings. The Kier molecular flexibility index (Phi) is 4.55. The zero-order chi connectivity index (χ0) is 18.1. The fourth-order valence-corrected chi connectivity index (χ4v) is 3.95. The van der Waals surface area contributed by atoms with Crippen LogP contribution in [0.3, 0.4) is 0 Å². The van der Waals surface area contributed by atoms with E-state index in [4.69, 9.17) is 19.9 Å².